The molecule has 0 saturated heterocycles. The highest BCUT2D eigenvalue weighted by Gasteiger charge is 2.36. The van der Waals surface area contributed by atoms with Gasteiger partial charge in [-0.3, -0.25) is 14.4 Å². The zero-order valence-electron chi connectivity index (χ0n) is 26.5. The Bertz CT molecular complexity index is 955. The van der Waals surface area contributed by atoms with Gasteiger partial charge in [-0.05, 0) is 64.0 Å². The molecule has 0 aliphatic heterocycles. The van der Waals surface area contributed by atoms with Gasteiger partial charge < -0.3 is 25.0 Å². The summed E-state index contributed by atoms with van der Waals surface area (Å²) in [6.07, 6.45) is 4.23. The number of hydrogen-bond donors (Lipinski definition) is 2. The zero-order chi connectivity index (χ0) is 31.0. The molecule has 2 atom stereocenters. The highest BCUT2D eigenvalue weighted by Crippen LogP contribution is 2.25. The maximum Gasteiger partial charge on any atom is 0.408 e. The van der Waals surface area contributed by atoms with E-state index >= 15 is 0 Å². The predicted octanol–water partition coefficient (Wildman–Crippen LogP) is 5.71. The molecule has 9 nitrogen and oxygen atoms in total. The summed E-state index contributed by atoms with van der Waals surface area (Å²) in [5.74, 6) is -1.03. The lowest BCUT2D eigenvalue weighted by atomic mass is 9.97. The minimum absolute atomic E-state index is 0.0295. The molecule has 0 aliphatic carbocycles. The quantitative estimate of drug-likeness (QED) is 0.182. The van der Waals surface area contributed by atoms with E-state index in [1.54, 1.807) is 32.6 Å². The van der Waals surface area contributed by atoms with Crippen molar-refractivity contribution in [2.45, 2.75) is 118 Å². The van der Waals surface area contributed by atoms with Crippen molar-refractivity contribution < 1.29 is 28.7 Å². The Balaban J connectivity index is 3.46. The number of carbonyl (C=O) groups excluding carboxylic acids is 4. The summed E-state index contributed by atoms with van der Waals surface area (Å²) < 4.78 is 10.5. The van der Waals surface area contributed by atoms with E-state index in [1.165, 1.54) is 0 Å². The molecular formula is C32H53N3O6. The van der Waals surface area contributed by atoms with Gasteiger partial charge in [0.05, 0.1) is 13.0 Å². The molecule has 2 N–H and O–H groups in total. The number of unbranched alkanes of at least 4 members (excludes halogenated alkanes) is 3. The van der Waals surface area contributed by atoms with Crippen molar-refractivity contribution in [3.63, 3.8) is 0 Å². The third-order valence-corrected chi connectivity index (χ3v) is 6.43. The summed E-state index contributed by atoms with van der Waals surface area (Å²) in [4.78, 5) is 54.2. The minimum Gasteiger partial charge on any atom is -0.466 e. The van der Waals surface area contributed by atoms with Crippen LogP contribution in [0.15, 0.2) is 24.3 Å². The normalized spacial score (nSPS) is 12.8. The van der Waals surface area contributed by atoms with Crippen LogP contribution >= 0.6 is 0 Å². The molecule has 0 radical (unpaired) electrons. The molecule has 232 valence electrons. The van der Waals surface area contributed by atoms with Crippen LogP contribution in [0.2, 0.25) is 0 Å². The van der Waals surface area contributed by atoms with Gasteiger partial charge in [0.2, 0.25) is 11.8 Å². The molecule has 41 heavy (non-hydrogen) atoms. The second-order valence-corrected chi connectivity index (χ2v) is 11.8. The fraction of sp³-hybridized carbons (Fsp3) is 0.688. The van der Waals surface area contributed by atoms with Crippen LogP contribution in [-0.4, -0.2) is 60.1 Å². The lowest BCUT2D eigenvalue weighted by molar-refractivity contribution is -0.144. The molecule has 0 aliphatic rings. The van der Waals surface area contributed by atoms with Crippen LogP contribution in [0.4, 0.5) is 4.79 Å². The molecule has 0 heterocycles. The van der Waals surface area contributed by atoms with E-state index in [2.05, 4.69) is 24.5 Å². The molecule has 1 aromatic rings. The summed E-state index contributed by atoms with van der Waals surface area (Å²) >= 11 is 0. The summed E-state index contributed by atoms with van der Waals surface area (Å²) in [7, 11) is 0. The van der Waals surface area contributed by atoms with Crippen molar-refractivity contribution in [1.29, 1.82) is 0 Å². The molecular weight excluding hydrogens is 522 g/mol. The number of carbonyl (C=O) groups is 4. The topological polar surface area (TPSA) is 114 Å². The van der Waals surface area contributed by atoms with Crippen molar-refractivity contribution in [1.82, 2.24) is 15.5 Å². The van der Waals surface area contributed by atoms with Crippen LogP contribution in [-0.2, 0) is 30.3 Å². The largest absolute Gasteiger partial charge is 0.466 e. The molecule has 0 saturated carbocycles. The standard InChI is InChI=1S/C32H53N3O6/c1-9-12-13-14-21-35(30(38)26(22-23(4)5)34-31(39)41-32(6,7)8)28(25-17-15-24(10-2)16-18-25)29(37)33-20-19-27(36)40-11-3/h15-18,23,26,28H,9-14,19-22H2,1-8H3,(H,33,37)(H,34,39). The van der Waals surface area contributed by atoms with Crippen LogP contribution in [0.1, 0.15) is 111 Å². The first-order valence-electron chi connectivity index (χ1n) is 15.1. The van der Waals surface area contributed by atoms with E-state index in [-0.39, 0.29) is 37.3 Å². The number of alkyl carbamates (subject to hydrolysis) is 1. The molecule has 9 heteroatoms. The van der Waals surface area contributed by atoms with Crippen molar-refractivity contribution >= 4 is 23.9 Å². The molecule has 0 fully saturated rings. The van der Waals surface area contributed by atoms with E-state index in [0.717, 1.165) is 31.2 Å². The van der Waals surface area contributed by atoms with Gasteiger partial charge in [-0.1, -0.05) is 71.2 Å². The number of benzene rings is 1. The predicted molar refractivity (Wildman–Crippen MR) is 161 cm³/mol. The number of amides is 3. The molecule has 0 bridgehead atoms. The van der Waals surface area contributed by atoms with Gasteiger partial charge in [0, 0.05) is 13.1 Å². The molecule has 2 unspecified atom stereocenters. The van der Waals surface area contributed by atoms with Gasteiger partial charge in [-0.15, -0.1) is 0 Å². The summed E-state index contributed by atoms with van der Waals surface area (Å²) in [5, 5.41) is 5.62. The van der Waals surface area contributed by atoms with Gasteiger partial charge in [-0.2, -0.15) is 0 Å². The number of nitrogens with zero attached hydrogens (tertiary/aromatic N) is 1. The molecule has 1 aromatic carbocycles. The Labute approximate surface area is 247 Å². The van der Waals surface area contributed by atoms with Gasteiger partial charge in [0.25, 0.3) is 0 Å². The Morgan fingerprint density at radius 3 is 2.15 bits per heavy atom. The Morgan fingerprint density at radius 2 is 1.61 bits per heavy atom. The van der Waals surface area contributed by atoms with Crippen LogP contribution in [0, 0.1) is 5.92 Å². The second-order valence-electron chi connectivity index (χ2n) is 11.8. The maximum absolute atomic E-state index is 14.3. The van der Waals surface area contributed by atoms with Crippen molar-refractivity contribution in [3.05, 3.63) is 35.4 Å². The van der Waals surface area contributed by atoms with Crippen molar-refractivity contribution in [2.75, 3.05) is 19.7 Å². The number of nitrogens with one attached hydrogen (secondary N) is 2. The van der Waals surface area contributed by atoms with E-state index < -0.39 is 29.7 Å². The lowest BCUT2D eigenvalue weighted by Crippen LogP contribution is -2.53. The fourth-order valence-electron chi connectivity index (χ4n) is 4.44. The van der Waals surface area contributed by atoms with Crippen molar-refractivity contribution in [2.24, 2.45) is 5.92 Å². The zero-order valence-corrected chi connectivity index (χ0v) is 26.5. The Morgan fingerprint density at radius 1 is 0.951 bits per heavy atom. The number of aryl methyl sites for hydroxylation is 1. The number of esters is 1. The van der Waals surface area contributed by atoms with Gasteiger partial charge in [0.15, 0.2) is 0 Å². The lowest BCUT2D eigenvalue weighted by Gasteiger charge is -2.35. The second kappa shape index (κ2) is 18.4. The molecule has 0 spiro atoms. The SMILES string of the molecule is CCCCCCN(C(=O)C(CC(C)C)NC(=O)OC(C)(C)C)C(C(=O)NCCC(=O)OCC)c1ccc(CC)cc1. The average Bonchev–Trinajstić information content (AvgIpc) is 2.88. The third kappa shape index (κ3) is 13.9. The molecule has 3 amide bonds. The van der Waals surface area contributed by atoms with Crippen LogP contribution in [0.5, 0.6) is 0 Å². The summed E-state index contributed by atoms with van der Waals surface area (Å²) in [6.45, 7) is 15.8. The van der Waals surface area contributed by atoms with Crippen LogP contribution in [0.25, 0.3) is 0 Å². The third-order valence-electron chi connectivity index (χ3n) is 6.43. The molecule has 1 rings (SSSR count). The van der Waals surface area contributed by atoms with Crippen molar-refractivity contribution in [3.8, 4) is 0 Å². The van der Waals surface area contributed by atoms with Gasteiger partial charge in [0.1, 0.15) is 17.7 Å². The van der Waals surface area contributed by atoms with Crippen LogP contribution in [0.3, 0.4) is 0 Å². The average molecular weight is 576 g/mol. The highest BCUT2D eigenvalue weighted by molar-refractivity contribution is 5.92. The number of hydrogen-bond acceptors (Lipinski definition) is 6. The number of rotatable bonds is 17. The maximum atomic E-state index is 14.3. The first kappa shape index (κ1) is 35.9. The first-order valence-corrected chi connectivity index (χ1v) is 15.1. The molecule has 0 aromatic heterocycles. The van der Waals surface area contributed by atoms with Gasteiger partial charge in [-0.25, -0.2) is 4.79 Å². The summed E-state index contributed by atoms with van der Waals surface area (Å²) in [6, 6.07) is 5.85. The van der Waals surface area contributed by atoms with E-state index in [0.29, 0.717) is 24.9 Å². The van der Waals surface area contributed by atoms with Crippen LogP contribution < -0.4 is 10.6 Å². The number of ether oxygens (including phenoxy) is 2. The highest BCUT2D eigenvalue weighted by atomic mass is 16.6. The smallest absolute Gasteiger partial charge is 0.408 e. The monoisotopic (exact) mass is 575 g/mol. The van der Waals surface area contributed by atoms with E-state index in [9.17, 15) is 19.2 Å². The minimum atomic E-state index is -0.938. The van der Waals surface area contributed by atoms with E-state index in [1.807, 2.05) is 38.1 Å². The Kier molecular flexibility index (Phi) is 16.1. The van der Waals surface area contributed by atoms with Gasteiger partial charge >= 0.3 is 12.1 Å². The fourth-order valence-corrected chi connectivity index (χ4v) is 4.44. The van der Waals surface area contributed by atoms with E-state index in [4.69, 9.17) is 9.47 Å². The summed E-state index contributed by atoms with van der Waals surface area (Å²) in [5.41, 5.74) is 1.05. The Hall–Kier alpha value is -3.10. The first-order chi connectivity index (χ1) is 19.3.